The van der Waals surface area contributed by atoms with Gasteiger partial charge in [0.25, 0.3) is 5.56 Å². The molecule has 0 bridgehead atoms. The maximum absolute atomic E-state index is 12.8. The summed E-state index contributed by atoms with van der Waals surface area (Å²) in [6, 6.07) is 11.7. The second-order valence-corrected chi connectivity index (χ2v) is 6.85. The summed E-state index contributed by atoms with van der Waals surface area (Å²) in [5, 5.41) is 0. The Balaban J connectivity index is 1.94. The van der Waals surface area contributed by atoms with Crippen LogP contribution in [0.3, 0.4) is 0 Å². The largest absolute Gasteiger partial charge is 0.497 e. The number of methoxy groups -OCH3 is 1. The summed E-state index contributed by atoms with van der Waals surface area (Å²) in [7, 11) is 1.64. The lowest BCUT2D eigenvalue weighted by molar-refractivity contribution is 0.415. The van der Waals surface area contributed by atoms with E-state index >= 15 is 0 Å². The number of nitrogens with zero attached hydrogens (tertiary/aromatic N) is 2. The summed E-state index contributed by atoms with van der Waals surface area (Å²) in [6.07, 6.45) is 1.90. The molecule has 120 valence electrons. The normalized spacial score (nSPS) is 12.4. The average Bonchev–Trinajstić information content (AvgIpc) is 3.06. The quantitative estimate of drug-likeness (QED) is 0.565. The number of hydrogen-bond acceptors (Lipinski definition) is 4. The number of thiazole rings is 1. The number of rotatable bonds is 2. The minimum Gasteiger partial charge on any atom is -0.497 e. The second-order valence-electron chi connectivity index (χ2n) is 5.84. The van der Waals surface area contributed by atoms with Crippen LogP contribution >= 0.6 is 11.3 Å². The van der Waals surface area contributed by atoms with Gasteiger partial charge in [0.2, 0.25) is 0 Å². The topological polar surface area (TPSA) is 43.6 Å². The third-order valence-corrected chi connectivity index (χ3v) is 5.24. The highest BCUT2D eigenvalue weighted by Crippen LogP contribution is 2.20. The molecule has 2 heterocycles. The van der Waals surface area contributed by atoms with Gasteiger partial charge < -0.3 is 4.74 Å². The first-order valence-electron chi connectivity index (χ1n) is 7.65. The molecule has 0 aliphatic carbocycles. The number of imidazole rings is 1. The average molecular weight is 336 g/mol. The highest BCUT2D eigenvalue weighted by molar-refractivity contribution is 7.15. The first-order chi connectivity index (χ1) is 11.6. The molecule has 24 heavy (non-hydrogen) atoms. The fourth-order valence-electron chi connectivity index (χ4n) is 2.77. The lowest BCUT2D eigenvalue weighted by Gasteiger charge is -1.99. The fourth-order valence-corrected chi connectivity index (χ4v) is 3.76. The first-order valence-corrected chi connectivity index (χ1v) is 8.46. The number of ether oxygens (including phenoxy) is 1. The zero-order valence-corrected chi connectivity index (χ0v) is 14.5. The van der Waals surface area contributed by atoms with Crippen molar-refractivity contribution < 1.29 is 4.74 Å². The highest BCUT2D eigenvalue weighted by atomic mass is 32.1. The standard InChI is InChI=1S/C19H16N2O2S/c1-11-8-15-16(9-12(11)2)21-18(22)17(24-19(21)20-15)10-13-4-6-14(23-3)7-5-13/h4-10H,1-3H3. The van der Waals surface area contributed by atoms with Gasteiger partial charge in [-0.25, -0.2) is 9.38 Å². The van der Waals surface area contributed by atoms with Gasteiger partial charge in [-0.3, -0.25) is 4.79 Å². The van der Waals surface area contributed by atoms with Gasteiger partial charge in [-0.15, -0.1) is 0 Å². The van der Waals surface area contributed by atoms with E-state index in [0.29, 0.717) is 4.53 Å². The SMILES string of the molecule is COc1ccc(C=c2sc3nc4cc(C)c(C)cc4n3c2=O)cc1. The molecule has 0 aliphatic heterocycles. The number of aryl methyl sites for hydroxylation is 2. The van der Waals surface area contributed by atoms with Crippen molar-refractivity contribution in [2.75, 3.05) is 7.11 Å². The summed E-state index contributed by atoms with van der Waals surface area (Å²) >= 11 is 1.42. The van der Waals surface area contributed by atoms with E-state index in [4.69, 9.17) is 4.74 Å². The Bertz CT molecular complexity index is 1170. The van der Waals surface area contributed by atoms with E-state index in [9.17, 15) is 4.79 Å². The molecule has 0 saturated carbocycles. The van der Waals surface area contributed by atoms with Crippen molar-refractivity contribution in [3.8, 4) is 5.75 Å². The van der Waals surface area contributed by atoms with Crippen LogP contribution in [-0.2, 0) is 0 Å². The molecule has 0 unspecified atom stereocenters. The minimum absolute atomic E-state index is 0.0171. The van der Waals surface area contributed by atoms with Crippen LogP contribution < -0.4 is 14.8 Å². The van der Waals surface area contributed by atoms with Gasteiger partial charge in [0, 0.05) is 0 Å². The highest BCUT2D eigenvalue weighted by Gasteiger charge is 2.12. The molecule has 0 aliphatic rings. The maximum atomic E-state index is 12.8. The van der Waals surface area contributed by atoms with E-state index in [2.05, 4.69) is 18.8 Å². The Kier molecular flexibility index (Phi) is 3.39. The van der Waals surface area contributed by atoms with Crippen LogP contribution in [0.2, 0.25) is 0 Å². The van der Waals surface area contributed by atoms with Gasteiger partial charge >= 0.3 is 0 Å². The maximum Gasteiger partial charge on any atom is 0.274 e. The number of benzene rings is 2. The van der Waals surface area contributed by atoms with Crippen LogP contribution in [0.25, 0.3) is 22.1 Å². The van der Waals surface area contributed by atoms with Crippen molar-refractivity contribution in [2.24, 2.45) is 0 Å². The van der Waals surface area contributed by atoms with E-state index < -0.39 is 0 Å². The van der Waals surface area contributed by atoms with Gasteiger partial charge in [0.15, 0.2) is 4.96 Å². The van der Waals surface area contributed by atoms with Crippen LogP contribution in [0, 0.1) is 13.8 Å². The Morgan fingerprint density at radius 3 is 2.54 bits per heavy atom. The predicted molar refractivity (Wildman–Crippen MR) is 98.1 cm³/mol. The molecular weight excluding hydrogens is 320 g/mol. The van der Waals surface area contributed by atoms with Crippen LogP contribution in [0.1, 0.15) is 16.7 Å². The molecule has 2 aromatic heterocycles. The molecule has 0 N–H and O–H groups in total. The van der Waals surface area contributed by atoms with Gasteiger partial charge in [0.1, 0.15) is 5.75 Å². The van der Waals surface area contributed by atoms with Gasteiger partial charge in [-0.2, -0.15) is 0 Å². The number of hydrogen-bond donors (Lipinski definition) is 0. The predicted octanol–water partition coefficient (Wildman–Crippen LogP) is 3.08. The smallest absolute Gasteiger partial charge is 0.274 e. The van der Waals surface area contributed by atoms with Crippen molar-refractivity contribution in [1.82, 2.24) is 9.38 Å². The zero-order valence-electron chi connectivity index (χ0n) is 13.7. The van der Waals surface area contributed by atoms with Crippen LogP contribution in [-0.4, -0.2) is 16.5 Å². The molecule has 4 nitrogen and oxygen atoms in total. The Morgan fingerprint density at radius 1 is 1.12 bits per heavy atom. The molecule has 4 aromatic rings. The summed E-state index contributed by atoms with van der Waals surface area (Å²) in [5.74, 6) is 0.798. The Morgan fingerprint density at radius 2 is 1.83 bits per heavy atom. The van der Waals surface area contributed by atoms with E-state index in [1.807, 2.05) is 42.5 Å². The third-order valence-electron chi connectivity index (χ3n) is 4.27. The Labute approximate surface area is 142 Å². The second kappa shape index (κ2) is 5.46. The molecule has 5 heteroatoms. The fraction of sp³-hybridized carbons (Fsp3) is 0.158. The monoisotopic (exact) mass is 336 g/mol. The molecule has 0 atom stereocenters. The first kappa shape index (κ1) is 14.9. The van der Waals surface area contributed by atoms with Gasteiger partial charge in [-0.1, -0.05) is 23.5 Å². The Hall–Kier alpha value is -2.66. The lowest BCUT2D eigenvalue weighted by atomic mass is 10.1. The van der Waals surface area contributed by atoms with E-state index in [0.717, 1.165) is 32.9 Å². The summed E-state index contributed by atoms with van der Waals surface area (Å²) in [4.78, 5) is 18.1. The number of fused-ring (bicyclic) bond motifs is 3. The summed E-state index contributed by atoms with van der Waals surface area (Å²) < 4.78 is 7.55. The molecular formula is C19H16N2O2S. The molecule has 0 amide bonds. The van der Waals surface area contributed by atoms with Gasteiger partial charge in [-0.05, 0) is 60.9 Å². The van der Waals surface area contributed by atoms with E-state index in [1.165, 1.54) is 16.9 Å². The van der Waals surface area contributed by atoms with Crippen molar-refractivity contribution in [3.63, 3.8) is 0 Å². The summed E-state index contributed by atoms with van der Waals surface area (Å²) in [6.45, 7) is 4.11. The molecule has 0 fully saturated rings. The van der Waals surface area contributed by atoms with Crippen molar-refractivity contribution in [3.05, 3.63) is 68.0 Å². The van der Waals surface area contributed by atoms with Crippen molar-refractivity contribution in [2.45, 2.75) is 13.8 Å². The van der Waals surface area contributed by atoms with Crippen LogP contribution in [0.15, 0.2) is 41.2 Å². The van der Waals surface area contributed by atoms with E-state index in [1.54, 1.807) is 11.5 Å². The van der Waals surface area contributed by atoms with E-state index in [-0.39, 0.29) is 5.56 Å². The van der Waals surface area contributed by atoms with Crippen LogP contribution in [0.5, 0.6) is 5.75 Å². The molecule has 0 saturated heterocycles. The zero-order chi connectivity index (χ0) is 16.8. The van der Waals surface area contributed by atoms with Crippen LogP contribution in [0.4, 0.5) is 0 Å². The van der Waals surface area contributed by atoms with Crippen molar-refractivity contribution >= 4 is 33.4 Å². The number of aromatic nitrogens is 2. The molecule has 4 rings (SSSR count). The molecule has 0 radical (unpaired) electrons. The summed E-state index contributed by atoms with van der Waals surface area (Å²) in [5.41, 5.74) is 5.05. The molecule has 0 spiro atoms. The third kappa shape index (κ3) is 2.29. The van der Waals surface area contributed by atoms with Crippen molar-refractivity contribution in [1.29, 1.82) is 0 Å². The minimum atomic E-state index is -0.0171. The lowest BCUT2D eigenvalue weighted by Crippen LogP contribution is -2.22. The van der Waals surface area contributed by atoms with Gasteiger partial charge in [0.05, 0.1) is 22.7 Å². The molecule has 2 aromatic carbocycles.